The molecule has 0 saturated heterocycles. The average Bonchev–Trinajstić information content (AvgIpc) is 2.81. The summed E-state index contributed by atoms with van der Waals surface area (Å²) in [7, 11) is 0. The fraction of sp³-hybridized carbons (Fsp3) is 0.400. The normalized spacial score (nSPS) is 12.7. The lowest BCUT2D eigenvalue weighted by molar-refractivity contribution is 0.199. The van der Waals surface area contributed by atoms with E-state index in [4.69, 9.17) is 0 Å². The number of aromatic nitrogens is 2. The molecule has 0 aliphatic carbocycles. The molecule has 0 spiro atoms. The van der Waals surface area contributed by atoms with Gasteiger partial charge in [-0.05, 0) is 59.5 Å². The largest absolute Gasteiger partial charge is 0.389 e. The van der Waals surface area contributed by atoms with Crippen molar-refractivity contribution in [1.29, 1.82) is 0 Å². The first-order valence-corrected chi connectivity index (χ1v) is 7.41. The van der Waals surface area contributed by atoms with E-state index in [0.29, 0.717) is 0 Å². The number of nitrogens with zero attached hydrogens (tertiary/aromatic N) is 2. The maximum absolute atomic E-state index is 9.61. The Balaban J connectivity index is 2.49. The Bertz CT molecular complexity index is 576. The Morgan fingerprint density at radius 3 is 2.53 bits per heavy atom. The standard InChI is InChI=1S/C15H19BrN2O/c1-4-12-9-13(5-2)18(17-12)15-7-6-11(10(3)19)8-14(15)16/h6-10,19H,4-5H2,1-3H3. The van der Waals surface area contributed by atoms with E-state index in [1.54, 1.807) is 6.92 Å². The number of aliphatic hydroxyl groups excluding tert-OH is 1. The van der Waals surface area contributed by atoms with E-state index in [9.17, 15) is 5.11 Å². The third kappa shape index (κ3) is 2.90. The number of benzene rings is 1. The van der Waals surface area contributed by atoms with Crippen LogP contribution in [0, 0.1) is 0 Å². The summed E-state index contributed by atoms with van der Waals surface area (Å²) in [4.78, 5) is 0. The summed E-state index contributed by atoms with van der Waals surface area (Å²) in [5, 5.41) is 14.2. The van der Waals surface area contributed by atoms with Crippen LogP contribution in [0.2, 0.25) is 0 Å². The van der Waals surface area contributed by atoms with Crippen molar-refractivity contribution in [2.24, 2.45) is 0 Å². The zero-order chi connectivity index (χ0) is 14.0. The molecule has 4 heteroatoms. The van der Waals surface area contributed by atoms with Gasteiger partial charge in [0.15, 0.2) is 0 Å². The number of aryl methyl sites for hydroxylation is 2. The zero-order valence-electron chi connectivity index (χ0n) is 11.5. The van der Waals surface area contributed by atoms with Gasteiger partial charge in [-0.15, -0.1) is 0 Å². The highest BCUT2D eigenvalue weighted by Crippen LogP contribution is 2.26. The van der Waals surface area contributed by atoms with Crippen LogP contribution < -0.4 is 0 Å². The molecule has 0 fully saturated rings. The van der Waals surface area contributed by atoms with Crippen LogP contribution in [0.15, 0.2) is 28.7 Å². The van der Waals surface area contributed by atoms with Crippen LogP contribution >= 0.6 is 15.9 Å². The summed E-state index contributed by atoms with van der Waals surface area (Å²) in [6, 6.07) is 8.04. The van der Waals surface area contributed by atoms with Crippen molar-refractivity contribution in [3.8, 4) is 5.69 Å². The Morgan fingerprint density at radius 1 is 1.26 bits per heavy atom. The Labute approximate surface area is 122 Å². The number of halogens is 1. The Kier molecular flexibility index (Phi) is 4.42. The summed E-state index contributed by atoms with van der Waals surface area (Å²) < 4.78 is 2.93. The van der Waals surface area contributed by atoms with E-state index in [-0.39, 0.29) is 0 Å². The van der Waals surface area contributed by atoms with E-state index in [0.717, 1.165) is 34.3 Å². The second-order valence-corrected chi connectivity index (χ2v) is 5.49. The molecule has 1 unspecified atom stereocenters. The van der Waals surface area contributed by atoms with Gasteiger partial charge in [0.25, 0.3) is 0 Å². The number of hydrogen-bond acceptors (Lipinski definition) is 2. The van der Waals surface area contributed by atoms with Crippen molar-refractivity contribution in [1.82, 2.24) is 9.78 Å². The molecule has 2 aromatic rings. The molecule has 0 aliphatic heterocycles. The van der Waals surface area contributed by atoms with Gasteiger partial charge >= 0.3 is 0 Å². The molecule has 0 aliphatic rings. The van der Waals surface area contributed by atoms with Gasteiger partial charge in [-0.2, -0.15) is 5.10 Å². The number of hydrogen-bond donors (Lipinski definition) is 1. The molecular weight excluding hydrogens is 304 g/mol. The molecule has 3 nitrogen and oxygen atoms in total. The van der Waals surface area contributed by atoms with Crippen LogP contribution in [0.25, 0.3) is 5.69 Å². The molecule has 1 atom stereocenters. The molecule has 1 aromatic carbocycles. The quantitative estimate of drug-likeness (QED) is 0.929. The first kappa shape index (κ1) is 14.3. The van der Waals surface area contributed by atoms with E-state index in [2.05, 4.69) is 40.9 Å². The van der Waals surface area contributed by atoms with Crippen LogP contribution in [0.1, 0.15) is 43.8 Å². The Hall–Kier alpha value is -1.13. The molecule has 19 heavy (non-hydrogen) atoms. The van der Waals surface area contributed by atoms with E-state index in [1.807, 2.05) is 22.9 Å². The first-order chi connectivity index (χ1) is 9.06. The minimum atomic E-state index is -0.459. The molecule has 1 aromatic heterocycles. The van der Waals surface area contributed by atoms with Crippen molar-refractivity contribution in [3.63, 3.8) is 0 Å². The molecule has 102 valence electrons. The third-order valence-electron chi connectivity index (χ3n) is 3.24. The van der Waals surface area contributed by atoms with Crippen molar-refractivity contribution in [2.75, 3.05) is 0 Å². The van der Waals surface area contributed by atoms with Crippen LogP contribution in [0.5, 0.6) is 0 Å². The lowest BCUT2D eigenvalue weighted by atomic mass is 10.1. The van der Waals surface area contributed by atoms with Gasteiger partial charge in [0.05, 0.1) is 17.5 Å². The molecule has 0 radical (unpaired) electrons. The highest BCUT2D eigenvalue weighted by atomic mass is 79.9. The van der Waals surface area contributed by atoms with Gasteiger partial charge in [-0.1, -0.05) is 19.9 Å². The maximum atomic E-state index is 9.61. The highest BCUT2D eigenvalue weighted by molar-refractivity contribution is 9.10. The van der Waals surface area contributed by atoms with Crippen LogP contribution in [0.4, 0.5) is 0 Å². The number of rotatable bonds is 4. The fourth-order valence-corrected chi connectivity index (χ4v) is 2.63. The van der Waals surface area contributed by atoms with Gasteiger partial charge in [-0.25, -0.2) is 4.68 Å². The number of aliphatic hydroxyl groups is 1. The van der Waals surface area contributed by atoms with Gasteiger partial charge in [0.1, 0.15) is 0 Å². The molecule has 0 saturated carbocycles. The smallest absolute Gasteiger partial charge is 0.0791 e. The maximum Gasteiger partial charge on any atom is 0.0791 e. The van der Waals surface area contributed by atoms with Crippen molar-refractivity contribution in [3.05, 3.63) is 45.7 Å². The van der Waals surface area contributed by atoms with Crippen LogP contribution in [0.3, 0.4) is 0 Å². The summed E-state index contributed by atoms with van der Waals surface area (Å²) in [6.07, 6.45) is 1.42. The second kappa shape index (κ2) is 5.88. The SMILES string of the molecule is CCc1cc(CC)n(-c2ccc(C(C)O)cc2Br)n1. The predicted molar refractivity (Wildman–Crippen MR) is 80.7 cm³/mol. The van der Waals surface area contributed by atoms with Crippen LogP contribution in [-0.4, -0.2) is 14.9 Å². The third-order valence-corrected chi connectivity index (χ3v) is 3.88. The van der Waals surface area contributed by atoms with Gasteiger partial charge in [0, 0.05) is 10.2 Å². The summed E-state index contributed by atoms with van der Waals surface area (Å²) in [6.45, 7) is 6.00. The van der Waals surface area contributed by atoms with Crippen LogP contribution in [-0.2, 0) is 12.8 Å². The predicted octanol–water partition coefficient (Wildman–Crippen LogP) is 3.81. The minimum absolute atomic E-state index is 0.459. The summed E-state index contributed by atoms with van der Waals surface area (Å²) >= 11 is 3.57. The van der Waals surface area contributed by atoms with E-state index in [1.165, 1.54) is 5.69 Å². The minimum Gasteiger partial charge on any atom is -0.389 e. The zero-order valence-corrected chi connectivity index (χ0v) is 13.1. The molecule has 0 amide bonds. The lowest BCUT2D eigenvalue weighted by Gasteiger charge is -2.11. The van der Waals surface area contributed by atoms with Gasteiger partial charge < -0.3 is 5.11 Å². The summed E-state index contributed by atoms with van der Waals surface area (Å²) in [5.74, 6) is 0. The summed E-state index contributed by atoms with van der Waals surface area (Å²) in [5.41, 5.74) is 4.21. The van der Waals surface area contributed by atoms with Crippen molar-refractivity contribution in [2.45, 2.75) is 39.7 Å². The molecule has 1 N–H and O–H groups in total. The van der Waals surface area contributed by atoms with Gasteiger partial charge in [-0.3, -0.25) is 0 Å². The fourth-order valence-electron chi connectivity index (χ4n) is 2.06. The van der Waals surface area contributed by atoms with Crippen molar-refractivity contribution >= 4 is 15.9 Å². The molecular formula is C15H19BrN2O. The topological polar surface area (TPSA) is 38.0 Å². The highest BCUT2D eigenvalue weighted by Gasteiger charge is 2.11. The second-order valence-electron chi connectivity index (χ2n) is 4.63. The molecule has 0 bridgehead atoms. The lowest BCUT2D eigenvalue weighted by Crippen LogP contribution is -2.03. The van der Waals surface area contributed by atoms with E-state index >= 15 is 0 Å². The van der Waals surface area contributed by atoms with E-state index < -0.39 is 6.10 Å². The Morgan fingerprint density at radius 2 is 2.00 bits per heavy atom. The molecule has 2 rings (SSSR count). The van der Waals surface area contributed by atoms with Gasteiger partial charge in [0.2, 0.25) is 0 Å². The van der Waals surface area contributed by atoms with Crippen molar-refractivity contribution < 1.29 is 5.11 Å². The average molecular weight is 323 g/mol. The first-order valence-electron chi connectivity index (χ1n) is 6.62. The molecule has 1 heterocycles. The monoisotopic (exact) mass is 322 g/mol.